The van der Waals surface area contributed by atoms with Crippen molar-refractivity contribution in [2.24, 2.45) is 0 Å². The first kappa shape index (κ1) is 26.8. The SMILES string of the molecule is c1ccc(-c2ccc3c(c2)c2cc4c5ccccc5n(-c5ccc(-c6ccc7ccccc7c6)cc5)c4cc2n3-c2ccccc2)cc1. The first-order chi connectivity index (χ1) is 23.8. The average molecular weight is 611 g/mol. The predicted octanol–water partition coefficient (Wildman–Crippen LogP) is 12.4. The van der Waals surface area contributed by atoms with E-state index in [-0.39, 0.29) is 0 Å². The van der Waals surface area contributed by atoms with Gasteiger partial charge in [-0.2, -0.15) is 0 Å². The van der Waals surface area contributed by atoms with E-state index in [1.165, 1.54) is 76.6 Å². The third kappa shape index (κ3) is 4.13. The molecule has 0 spiro atoms. The highest BCUT2D eigenvalue weighted by Gasteiger charge is 2.19. The van der Waals surface area contributed by atoms with Crippen molar-refractivity contribution in [3.8, 4) is 33.6 Å². The van der Waals surface area contributed by atoms with E-state index in [0.717, 1.165) is 11.4 Å². The van der Waals surface area contributed by atoms with Crippen LogP contribution in [-0.2, 0) is 0 Å². The van der Waals surface area contributed by atoms with Crippen LogP contribution < -0.4 is 0 Å². The Morgan fingerprint density at radius 2 is 0.771 bits per heavy atom. The molecule has 0 saturated carbocycles. The minimum absolute atomic E-state index is 1.15. The minimum atomic E-state index is 1.15. The Kier molecular flexibility index (Phi) is 5.91. The van der Waals surface area contributed by atoms with Gasteiger partial charge < -0.3 is 9.13 Å². The molecule has 2 heterocycles. The van der Waals surface area contributed by atoms with Crippen molar-refractivity contribution in [2.75, 3.05) is 0 Å². The summed E-state index contributed by atoms with van der Waals surface area (Å²) in [5.74, 6) is 0. The van der Waals surface area contributed by atoms with Gasteiger partial charge in [0.1, 0.15) is 0 Å². The molecule has 0 atom stereocenters. The third-order valence-electron chi connectivity index (χ3n) is 9.89. The van der Waals surface area contributed by atoms with Crippen LogP contribution in [0, 0.1) is 0 Å². The molecule has 0 aliphatic carbocycles. The molecule has 0 N–H and O–H groups in total. The lowest BCUT2D eigenvalue weighted by atomic mass is 10.0. The Morgan fingerprint density at radius 3 is 1.56 bits per heavy atom. The average Bonchev–Trinajstić information content (AvgIpc) is 3.66. The largest absolute Gasteiger partial charge is 0.309 e. The normalized spacial score (nSPS) is 11.8. The molecule has 2 heteroatoms. The highest BCUT2D eigenvalue weighted by Crippen LogP contribution is 2.41. The van der Waals surface area contributed by atoms with E-state index in [0.29, 0.717) is 0 Å². The van der Waals surface area contributed by atoms with E-state index < -0.39 is 0 Å². The Bertz CT molecular complexity index is 2800. The zero-order chi connectivity index (χ0) is 31.6. The monoisotopic (exact) mass is 610 g/mol. The van der Waals surface area contributed by atoms with Gasteiger partial charge in [0.05, 0.1) is 22.1 Å². The number of para-hydroxylation sites is 2. The maximum Gasteiger partial charge on any atom is 0.0562 e. The summed E-state index contributed by atoms with van der Waals surface area (Å²) in [5.41, 5.74) is 12.0. The Hall–Kier alpha value is -6.38. The second-order valence-corrected chi connectivity index (χ2v) is 12.6. The number of nitrogens with zero attached hydrogens (tertiary/aromatic N) is 2. The quantitative estimate of drug-likeness (QED) is 0.188. The maximum atomic E-state index is 2.43. The number of hydrogen-bond acceptors (Lipinski definition) is 0. The van der Waals surface area contributed by atoms with Crippen molar-refractivity contribution in [3.63, 3.8) is 0 Å². The van der Waals surface area contributed by atoms with E-state index >= 15 is 0 Å². The van der Waals surface area contributed by atoms with Gasteiger partial charge >= 0.3 is 0 Å². The van der Waals surface area contributed by atoms with Crippen LogP contribution >= 0.6 is 0 Å². The number of hydrogen-bond donors (Lipinski definition) is 0. The summed E-state index contributed by atoms with van der Waals surface area (Å²) < 4.78 is 4.85. The summed E-state index contributed by atoms with van der Waals surface area (Å²) in [6.07, 6.45) is 0. The van der Waals surface area contributed by atoms with Crippen molar-refractivity contribution in [3.05, 3.63) is 182 Å². The van der Waals surface area contributed by atoms with Crippen LogP contribution in [-0.4, -0.2) is 9.13 Å². The third-order valence-corrected chi connectivity index (χ3v) is 9.89. The van der Waals surface area contributed by atoms with Crippen LogP contribution in [0.25, 0.3) is 88.0 Å². The molecule has 0 fully saturated rings. The molecule has 2 aromatic heterocycles. The van der Waals surface area contributed by atoms with E-state index in [1.54, 1.807) is 0 Å². The summed E-state index contributed by atoms with van der Waals surface area (Å²) in [4.78, 5) is 0. The van der Waals surface area contributed by atoms with E-state index in [1.807, 2.05) is 0 Å². The number of fused-ring (bicyclic) bond motifs is 7. The molecule has 0 amide bonds. The van der Waals surface area contributed by atoms with Gasteiger partial charge in [-0.05, 0) is 93.7 Å². The first-order valence-electron chi connectivity index (χ1n) is 16.5. The van der Waals surface area contributed by atoms with Crippen LogP contribution in [0.2, 0.25) is 0 Å². The highest BCUT2D eigenvalue weighted by atomic mass is 15.0. The molecular formula is C46H30N2. The van der Waals surface area contributed by atoms with Gasteiger partial charge in [0.25, 0.3) is 0 Å². The summed E-state index contributed by atoms with van der Waals surface area (Å²) >= 11 is 0. The second-order valence-electron chi connectivity index (χ2n) is 12.6. The number of aromatic nitrogens is 2. The van der Waals surface area contributed by atoms with Crippen LogP contribution in [0.3, 0.4) is 0 Å². The van der Waals surface area contributed by atoms with Gasteiger partial charge in [0.2, 0.25) is 0 Å². The lowest BCUT2D eigenvalue weighted by Crippen LogP contribution is -1.96. The molecule has 10 rings (SSSR count). The first-order valence-corrected chi connectivity index (χ1v) is 16.5. The van der Waals surface area contributed by atoms with Crippen LogP contribution in [0.1, 0.15) is 0 Å². The fourth-order valence-electron chi connectivity index (χ4n) is 7.60. The molecule has 2 nitrogen and oxygen atoms in total. The highest BCUT2D eigenvalue weighted by molar-refractivity contribution is 6.19. The van der Waals surface area contributed by atoms with Gasteiger partial charge in [-0.3, -0.25) is 0 Å². The molecule has 0 aliphatic rings. The molecule has 10 aromatic rings. The standard InChI is InChI=1S/C46H30N2/c1-3-11-31(12-4-1)36-23-26-44-40(28-36)42-29-41-39-17-9-10-18-43(39)48(45(41)30-46(42)47(44)37-15-5-2-6-16-37)38-24-21-33(22-25-38)35-20-19-32-13-7-8-14-34(32)27-35/h1-30H. The maximum absolute atomic E-state index is 2.43. The summed E-state index contributed by atoms with van der Waals surface area (Å²) in [6.45, 7) is 0. The molecule has 48 heavy (non-hydrogen) atoms. The van der Waals surface area contributed by atoms with Crippen molar-refractivity contribution >= 4 is 54.4 Å². The molecule has 0 unspecified atom stereocenters. The second kappa shape index (κ2) is 10.6. The van der Waals surface area contributed by atoms with E-state index in [4.69, 9.17) is 0 Å². The molecule has 224 valence electrons. The Balaban J connectivity index is 1.22. The van der Waals surface area contributed by atoms with Crippen LogP contribution in [0.15, 0.2) is 182 Å². The molecular weight excluding hydrogens is 581 g/mol. The van der Waals surface area contributed by atoms with E-state index in [2.05, 4.69) is 191 Å². The number of benzene rings is 8. The Labute approximate surface area is 278 Å². The van der Waals surface area contributed by atoms with Crippen molar-refractivity contribution in [1.29, 1.82) is 0 Å². The molecule has 0 bridgehead atoms. The predicted molar refractivity (Wildman–Crippen MR) is 203 cm³/mol. The molecule has 8 aromatic carbocycles. The summed E-state index contributed by atoms with van der Waals surface area (Å²) in [6, 6.07) is 66.2. The minimum Gasteiger partial charge on any atom is -0.309 e. The van der Waals surface area contributed by atoms with E-state index in [9.17, 15) is 0 Å². The fraction of sp³-hybridized carbons (Fsp3) is 0. The smallest absolute Gasteiger partial charge is 0.0562 e. The lowest BCUT2D eigenvalue weighted by Gasteiger charge is -2.11. The molecule has 0 saturated heterocycles. The van der Waals surface area contributed by atoms with Crippen LogP contribution in [0.4, 0.5) is 0 Å². The van der Waals surface area contributed by atoms with Crippen molar-refractivity contribution in [1.82, 2.24) is 9.13 Å². The van der Waals surface area contributed by atoms with Gasteiger partial charge in [-0.15, -0.1) is 0 Å². The molecule has 0 aliphatic heterocycles. The Morgan fingerprint density at radius 1 is 0.250 bits per heavy atom. The van der Waals surface area contributed by atoms with Crippen LogP contribution in [0.5, 0.6) is 0 Å². The summed E-state index contributed by atoms with van der Waals surface area (Å²) in [7, 11) is 0. The van der Waals surface area contributed by atoms with Crippen molar-refractivity contribution in [2.45, 2.75) is 0 Å². The fourth-order valence-corrected chi connectivity index (χ4v) is 7.60. The van der Waals surface area contributed by atoms with Gasteiger partial charge in [0, 0.05) is 32.9 Å². The zero-order valence-electron chi connectivity index (χ0n) is 26.2. The molecule has 0 radical (unpaired) electrons. The summed E-state index contributed by atoms with van der Waals surface area (Å²) in [5, 5.41) is 7.55. The zero-order valence-corrected chi connectivity index (χ0v) is 26.2. The van der Waals surface area contributed by atoms with Crippen molar-refractivity contribution < 1.29 is 0 Å². The lowest BCUT2D eigenvalue weighted by molar-refractivity contribution is 1.16. The van der Waals surface area contributed by atoms with Gasteiger partial charge in [-0.25, -0.2) is 0 Å². The topological polar surface area (TPSA) is 9.86 Å². The number of rotatable bonds is 4. The van der Waals surface area contributed by atoms with Gasteiger partial charge in [0.15, 0.2) is 0 Å². The van der Waals surface area contributed by atoms with Gasteiger partial charge in [-0.1, -0.05) is 121 Å².